The van der Waals surface area contributed by atoms with E-state index >= 15 is 0 Å². The summed E-state index contributed by atoms with van der Waals surface area (Å²) in [6.07, 6.45) is 5.11. The van der Waals surface area contributed by atoms with Gasteiger partial charge in [-0.05, 0) is 13.8 Å². The molecule has 0 saturated carbocycles. The van der Waals surface area contributed by atoms with Crippen LogP contribution in [0.2, 0.25) is 0 Å². The third-order valence-corrected chi connectivity index (χ3v) is 1.40. The van der Waals surface area contributed by atoms with Crippen molar-refractivity contribution in [3.8, 4) is 0 Å². The van der Waals surface area contributed by atoms with Gasteiger partial charge < -0.3 is 10.3 Å². The second kappa shape index (κ2) is 9.84. The van der Waals surface area contributed by atoms with E-state index < -0.39 is 0 Å². The van der Waals surface area contributed by atoms with Crippen LogP contribution in [0, 0.1) is 13.8 Å². The molecule has 0 aliphatic rings. The minimum atomic E-state index is 0.958. The van der Waals surface area contributed by atoms with Crippen molar-refractivity contribution in [3.05, 3.63) is 23.9 Å². The normalized spacial score (nSPS) is 8.71. The molecule has 0 aromatic carbocycles. The smallest absolute Gasteiger partial charge is 0.109 e. The Morgan fingerprint density at radius 3 is 2.00 bits per heavy atom. The minimum Gasteiger partial charge on any atom is -0.403 e. The van der Waals surface area contributed by atoms with Crippen molar-refractivity contribution in [1.82, 2.24) is 9.55 Å². The van der Waals surface area contributed by atoms with Gasteiger partial charge in [0.1, 0.15) is 5.82 Å². The fraction of sp³-hybridized carbons (Fsp3) is 0.545. The zero-order valence-electron chi connectivity index (χ0n) is 10.2. The Morgan fingerprint density at radius 2 is 1.71 bits per heavy atom. The fourth-order valence-electron chi connectivity index (χ4n) is 0.878. The summed E-state index contributed by atoms with van der Waals surface area (Å²) in [6, 6.07) is 0. The average molecular weight is 197 g/mol. The van der Waals surface area contributed by atoms with Crippen molar-refractivity contribution < 1.29 is 0 Å². The lowest BCUT2D eigenvalue weighted by molar-refractivity contribution is 0.992. The van der Waals surface area contributed by atoms with Gasteiger partial charge in [0.2, 0.25) is 0 Å². The van der Waals surface area contributed by atoms with E-state index in [4.69, 9.17) is 5.73 Å². The van der Waals surface area contributed by atoms with E-state index in [2.05, 4.69) is 4.98 Å². The van der Waals surface area contributed by atoms with Gasteiger partial charge in [-0.3, -0.25) is 0 Å². The maximum atomic E-state index is 5.23. The maximum absolute atomic E-state index is 5.23. The van der Waals surface area contributed by atoms with E-state index in [1.54, 1.807) is 6.20 Å². The lowest BCUT2D eigenvalue weighted by atomic mass is 10.5. The molecule has 0 spiro atoms. The highest BCUT2D eigenvalue weighted by atomic mass is 15.1. The molecule has 2 N–H and O–H groups in total. The van der Waals surface area contributed by atoms with Gasteiger partial charge in [-0.2, -0.15) is 0 Å². The molecule has 0 aliphatic carbocycles. The van der Waals surface area contributed by atoms with Crippen LogP contribution in [0.4, 0.5) is 0 Å². The Kier molecular flexibility index (Phi) is 10.7. The summed E-state index contributed by atoms with van der Waals surface area (Å²) in [5.41, 5.74) is 6.32. The zero-order valence-corrected chi connectivity index (χ0v) is 10.2. The third-order valence-electron chi connectivity index (χ3n) is 1.40. The largest absolute Gasteiger partial charge is 0.403 e. The highest BCUT2D eigenvalue weighted by molar-refractivity contribution is 5.26. The molecule has 1 heterocycles. The van der Waals surface area contributed by atoms with Crippen LogP contribution in [0.1, 0.15) is 39.2 Å². The first-order chi connectivity index (χ1) is 6.75. The number of aromatic nitrogens is 2. The van der Waals surface area contributed by atoms with Gasteiger partial charge in [-0.25, -0.2) is 4.98 Å². The fourth-order valence-corrected chi connectivity index (χ4v) is 0.878. The van der Waals surface area contributed by atoms with Gasteiger partial charge in [-0.15, -0.1) is 0 Å². The molecule has 0 unspecified atom stereocenters. The molecule has 0 amide bonds. The van der Waals surface area contributed by atoms with Crippen LogP contribution < -0.4 is 5.73 Å². The summed E-state index contributed by atoms with van der Waals surface area (Å²) < 4.78 is 1.93. The quantitative estimate of drug-likeness (QED) is 0.752. The van der Waals surface area contributed by atoms with E-state index in [0.29, 0.717) is 0 Å². The Morgan fingerprint density at radius 1 is 1.21 bits per heavy atom. The Balaban J connectivity index is 0. The number of hydrogen-bond acceptors (Lipinski definition) is 2. The first-order valence-corrected chi connectivity index (χ1v) is 5.14. The minimum absolute atomic E-state index is 0.958. The summed E-state index contributed by atoms with van der Waals surface area (Å²) in [5, 5.41) is 0. The number of aryl methyl sites for hydroxylation is 2. The van der Waals surface area contributed by atoms with Crippen LogP contribution in [0.15, 0.2) is 12.4 Å². The standard InChI is InChI=1S/C7H11N3.2C2H6/c1-6-5-9-7(2)10(6)4-3-8;2*1-2/h3-5H,8H2,1-2H3;2*1-2H3/b4-3-;;. The highest BCUT2D eigenvalue weighted by Crippen LogP contribution is 2.01. The summed E-state index contributed by atoms with van der Waals surface area (Å²) >= 11 is 0. The van der Waals surface area contributed by atoms with Gasteiger partial charge in [0.05, 0.1) is 0 Å². The second-order valence-corrected chi connectivity index (χ2v) is 2.16. The van der Waals surface area contributed by atoms with Crippen LogP contribution in [-0.4, -0.2) is 9.55 Å². The number of imidazole rings is 1. The molecule has 14 heavy (non-hydrogen) atoms. The molecule has 0 bridgehead atoms. The van der Waals surface area contributed by atoms with Crippen molar-refractivity contribution in [1.29, 1.82) is 0 Å². The molecular weight excluding hydrogens is 174 g/mol. The van der Waals surface area contributed by atoms with Crippen molar-refractivity contribution >= 4 is 6.20 Å². The first kappa shape index (κ1) is 15.2. The van der Waals surface area contributed by atoms with E-state index in [0.717, 1.165) is 11.5 Å². The van der Waals surface area contributed by atoms with Crippen LogP contribution in [0.5, 0.6) is 0 Å². The molecular formula is C11H23N3. The molecule has 82 valence electrons. The SMILES string of the molecule is CC.CC.Cc1cnc(C)n1/C=C\N. The number of nitrogens with two attached hydrogens (primary N) is 1. The zero-order chi connectivity index (χ0) is 11.6. The Bertz CT molecular complexity index is 230. The summed E-state index contributed by atoms with van der Waals surface area (Å²) in [6.45, 7) is 11.9. The van der Waals surface area contributed by atoms with Crippen molar-refractivity contribution in [2.45, 2.75) is 41.5 Å². The van der Waals surface area contributed by atoms with Crippen LogP contribution >= 0.6 is 0 Å². The van der Waals surface area contributed by atoms with E-state index in [9.17, 15) is 0 Å². The molecule has 1 aromatic rings. The lowest BCUT2D eigenvalue weighted by Gasteiger charge is -1.97. The lowest BCUT2D eigenvalue weighted by Crippen LogP contribution is -1.93. The van der Waals surface area contributed by atoms with Crippen molar-refractivity contribution in [2.75, 3.05) is 0 Å². The van der Waals surface area contributed by atoms with Crippen LogP contribution in [0.25, 0.3) is 6.20 Å². The van der Waals surface area contributed by atoms with E-state index in [1.165, 1.54) is 6.20 Å². The molecule has 3 heteroatoms. The highest BCUT2D eigenvalue weighted by Gasteiger charge is 1.95. The molecule has 0 fully saturated rings. The van der Waals surface area contributed by atoms with Gasteiger partial charge in [0.25, 0.3) is 0 Å². The van der Waals surface area contributed by atoms with Crippen LogP contribution in [-0.2, 0) is 0 Å². The summed E-state index contributed by atoms with van der Waals surface area (Å²) in [5.74, 6) is 0.958. The molecule has 0 radical (unpaired) electrons. The van der Waals surface area contributed by atoms with Crippen molar-refractivity contribution in [3.63, 3.8) is 0 Å². The predicted octanol–water partition coefficient (Wildman–Crippen LogP) is 2.94. The molecule has 1 rings (SSSR count). The van der Waals surface area contributed by atoms with Gasteiger partial charge in [0, 0.05) is 24.3 Å². The molecule has 0 atom stereocenters. The predicted molar refractivity (Wildman–Crippen MR) is 63.9 cm³/mol. The third kappa shape index (κ3) is 4.70. The first-order valence-electron chi connectivity index (χ1n) is 5.14. The maximum Gasteiger partial charge on any atom is 0.109 e. The topological polar surface area (TPSA) is 43.8 Å². The van der Waals surface area contributed by atoms with Crippen molar-refractivity contribution in [2.24, 2.45) is 5.73 Å². The van der Waals surface area contributed by atoms with Gasteiger partial charge in [0.15, 0.2) is 0 Å². The Hall–Kier alpha value is -1.25. The monoisotopic (exact) mass is 197 g/mol. The number of nitrogens with zero attached hydrogens (tertiary/aromatic N) is 2. The van der Waals surface area contributed by atoms with Crippen LogP contribution in [0.3, 0.4) is 0 Å². The molecule has 3 nitrogen and oxygen atoms in total. The molecule has 0 aliphatic heterocycles. The number of hydrogen-bond donors (Lipinski definition) is 1. The van der Waals surface area contributed by atoms with E-state index in [1.807, 2.05) is 52.3 Å². The molecule has 1 aromatic heterocycles. The average Bonchev–Trinajstić information content (AvgIpc) is 2.56. The molecule has 0 saturated heterocycles. The second-order valence-electron chi connectivity index (χ2n) is 2.16. The number of rotatable bonds is 1. The Labute approximate surface area is 87.7 Å². The van der Waals surface area contributed by atoms with Gasteiger partial charge in [-0.1, -0.05) is 27.7 Å². The van der Waals surface area contributed by atoms with E-state index in [-0.39, 0.29) is 0 Å². The summed E-state index contributed by atoms with van der Waals surface area (Å²) in [7, 11) is 0. The van der Waals surface area contributed by atoms with Gasteiger partial charge >= 0.3 is 0 Å². The summed E-state index contributed by atoms with van der Waals surface area (Å²) in [4.78, 5) is 4.09.